The van der Waals surface area contributed by atoms with Crippen LogP contribution in [0.1, 0.15) is 48.2 Å². The Labute approximate surface area is 108 Å². The van der Waals surface area contributed by atoms with Crippen molar-refractivity contribution in [1.82, 2.24) is 4.90 Å². The third-order valence-electron chi connectivity index (χ3n) is 3.71. The molecule has 100 valence electrons. The Hall–Kier alpha value is -1.29. The highest BCUT2D eigenvalue weighted by atomic mass is 16.3. The molecule has 0 radical (unpaired) electrons. The predicted molar refractivity (Wildman–Crippen MR) is 70.1 cm³/mol. The van der Waals surface area contributed by atoms with Gasteiger partial charge in [-0.3, -0.25) is 4.79 Å². The smallest absolute Gasteiger partial charge is 0.256 e. The van der Waals surface area contributed by atoms with Gasteiger partial charge in [-0.25, -0.2) is 0 Å². The van der Waals surface area contributed by atoms with E-state index < -0.39 is 0 Å². The lowest BCUT2D eigenvalue weighted by Crippen LogP contribution is -2.32. The molecule has 1 aliphatic carbocycles. The van der Waals surface area contributed by atoms with Crippen LogP contribution in [-0.2, 0) is 6.54 Å². The van der Waals surface area contributed by atoms with Crippen LogP contribution < -0.4 is 5.73 Å². The summed E-state index contributed by atoms with van der Waals surface area (Å²) in [5, 5.41) is 0. The molecule has 0 aromatic carbocycles. The molecular formula is C14H22N2O2. The lowest BCUT2D eigenvalue weighted by Gasteiger charge is -2.26. The fraction of sp³-hybridized carbons (Fsp3) is 0.643. The first-order valence-electron chi connectivity index (χ1n) is 6.73. The van der Waals surface area contributed by atoms with Gasteiger partial charge in [-0.05, 0) is 24.8 Å². The van der Waals surface area contributed by atoms with Crippen LogP contribution in [0.15, 0.2) is 16.7 Å². The molecule has 4 heteroatoms. The van der Waals surface area contributed by atoms with Gasteiger partial charge in [0.05, 0.1) is 12.1 Å². The summed E-state index contributed by atoms with van der Waals surface area (Å²) in [5.41, 5.74) is 6.08. The van der Waals surface area contributed by atoms with E-state index in [1.54, 1.807) is 11.0 Å². The molecule has 0 bridgehead atoms. The molecule has 2 N–H and O–H groups in total. The lowest BCUT2D eigenvalue weighted by atomic mass is 9.89. The summed E-state index contributed by atoms with van der Waals surface area (Å²) in [5.74, 6) is 1.35. The highest BCUT2D eigenvalue weighted by molar-refractivity contribution is 5.93. The van der Waals surface area contributed by atoms with E-state index in [4.69, 9.17) is 10.2 Å². The first kappa shape index (κ1) is 13.1. The summed E-state index contributed by atoms with van der Waals surface area (Å²) in [7, 11) is 1.87. The highest BCUT2D eigenvalue weighted by Crippen LogP contribution is 2.24. The summed E-state index contributed by atoms with van der Waals surface area (Å²) >= 11 is 0. The zero-order chi connectivity index (χ0) is 13.0. The Morgan fingerprint density at radius 3 is 2.78 bits per heavy atom. The van der Waals surface area contributed by atoms with E-state index in [9.17, 15) is 4.79 Å². The molecule has 1 aliphatic rings. The number of hydrogen-bond donors (Lipinski definition) is 1. The van der Waals surface area contributed by atoms with Crippen molar-refractivity contribution < 1.29 is 9.21 Å². The summed E-state index contributed by atoms with van der Waals surface area (Å²) in [6, 6.07) is 1.74. The molecule has 1 heterocycles. The Bertz CT molecular complexity index is 394. The van der Waals surface area contributed by atoms with Crippen molar-refractivity contribution in [3.05, 3.63) is 23.7 Å². The van der Waals surface area contributed by atoms with Gasteiger partial charge in [-0.2, -0.15) is 0 Å². The molecule has 0 atom stereocenters. The van der Waals surface area contributed by atoms with E-state index >= 15 is 0 Å². The van der Waals surface area contributed by atoms with E-state index in [1.165, 1.54) is 38.4 Å². The maximum Gasteiger partial charge on any atom is 0.256 e. The third-order valence-corrected chi connectivity index (χ3v) is 3.71. The monoisotopic (exact) mass is 250 g/mol. The molecule has 1 amide bonds. The molecule has 0 spiro atoms. The summed E-state index contributed by atoms with van der Waals surface area (Å²) in [4.78, 5) is 14.0. The molecule has 0 aliphatic heterocycles. The molecule has 1 aromatic rings. The van der Waals surface area contributed by atoms with Gasteiger partial charge in [0.15, 0.2) is 0 Å². The van der Waals surface area contributed by atoms with Gasteiger partial charge in [-0.15, -0.1) is 0 Å². The van der Waals surface area contributed by atoms with Crippen LogP contribution in [0.2, 0.25) is 0 Å². The van der Waals surface area contributed by atoms with E-state index in [1.807, 2.05) is 7.05 Å². The average Bonchev–Trinajstić information content (AvgIpc) is 2.87. The van der Waals surface area contributed by atoms with Crippen LogP contribution in [0.3, 0.4) is 0 Å². The van der Waals surface area contributed by atoms with Gasteiger partial charge >= 0.3 is 0 Å². The van der Waals surface area contributed by atoms with Crippen molar-refractivity contribution in [2.75, 3.05) is 13.6 Å². The number of furan rings is 1. The zero-order valence-electron chi connectivity index (χ0n) is 11.0. The number of hydrogen-bond acceptors (Lipinski definition) is 3. The van der Waals surface area contributed by atoms with Crippen LogP contribution in [0.4, 0.5) is 0 Å². The van der Waals surface area contributed by atoms with Gasteiger partial charge in [-0.1, -0.05) is 19.3 Å². The van der Waals surface area contributed by atoms with E-state index in [-0.39, 0.29) is 5.91 Å². The Morgan fingerprint density at radius 2 is 2.17 bits per heavy atom. The fourth-order valence-electron chi connectivity index (χ4n) is 2.66. The molecule has 0 unspecified atom stereocenters. The van der Waals surface area contributed by atoms with Crippen LogP contribution >= 0.6 is 0 Å². The van der Waals surface area contributed by atoms with Crippen molar-refractivity contribution in [3.63, 3.8) is 0 Å². The molecule has 0 saturated heterocycles. The largest absolute Gasteiger partial charge is 0.467 e. The molecule has 4 nitrogen and oxygen atoms in total. The van der Waals surface area contributed by atoms with Crippen molar-refractivity contribution in [1.29, 1.82) is 0 Å². The Kier molecular flexibility index (Phi) is 4.42. The van der Waals surface area contributed by atoms with Crippen molar-refractivity contribution in [2.45, 2.75) is 38.6 Å². The zero-order valence-corrected chi connectivity index (χ0v) is 11.0. The Balaban J connectivity index is 1.91. The van der Waals surface area contributed by atoms with Crippen molar-refractivity contribution >= 4 is 5.91 Å². The van der Waals surface area contributed by atoms with Crippen LogP contribution in [0, 0.1) is 5.92 Å². The lowest BCUT2D eigenvalue weighted by molar-refractivity contribution is 0.0760. The number of rotatable bonds is 4. The minimum absolute atomic E-state index is 0.0315. The molecule has 1 saturated carbocycles. The molecule has 1 aromatic heterocycles. The highest BCUT2D eigenvalue weighted by Gasteiger charge is 2.20. The minimum atomic E-state index is 0.0315. The maximum absolute atomic E-state index is 12.2. The van der Waals surface area contributed by atoms with Gasteiger partial charge < -0.3 is 15.1 Å². The topological polar surface area (TPSA) is 59.5 Å². The number of carbonyl (C=O) groups excluding carboxylic acids is 1. The quantitative estimate of drug-likeness (QED) is 0.892. The standard InChI is InChI=1S/C14H22N2O2/c1-16(9-11-5-3-2-4-6-11)14(17)12-7-13(8-15)18-10-12/h7,10-11H,2-6,8-9,15H2,1H3. The summed E-state index contributed by atoms with van der Waals surface area (Å²) < 4.78 is 5.20. The summed E-state index contributed by atoms with van der Waals surface area (Å²) in [6.07, 6.45) is 7.94. The SMILES string of the molecule is CN(CC1CCCCC1)C(=O)c1coc(CN)c1. The van der Waals surface area contributed by atoms with E-state index in [2.05, 4.69) is 0 Å². The van der Waals surface area contributed by atoms with Gasteiger partial charge in [0, 0.05) is 13.6 Å². The average molecular weight is 250 g/mol. The van der Waals surface area contributed by atoms with E-state index in [0.717, 1.165) is 6.54 Å². The van der Waals surface area contributed by atoms with Crippen molar-refractivity contribution in [3.8, 4) is 0 Å². The second kappa shape index (κ2) is 6.05. The number of carbonyl (C=O) groups is 1. The van der Waals surface area contributed by atoms with Crippen molar-refractivity contribution in [2.24, 2.45) is 11.7 Å². The normalized spacial score (nSPS) is 16.8. The maximum atomic E-state index is 12.2. The fourth-order valence-corrected chi connectivity index (χ4v) is 2.66. The van der Waals surface area contributed by atoms with Gasteiger partial charge in [0.1, 0.15) is 12.0 Å². The second-order valence-corrected chi connectivity index (χ2v) is 5.20. The Morgan fingerprint density at radius 1 is 1.44 bits per heavy atom. The van der Waals surface area contributed by atoms with Crippen LogP contribution in [0.5, 0.6) is 0 Å². The minimum Gasteiger partial charge on any atom is -0.467 e. The summed E-state index contributed by atoms with van der Waals surface area (Å²) in [6.45, 7) is 1.18. The molecular weight excluding hydrogens is 228 g/mol. The van der Waals surface area contributed by atoms with Gasteiger partial charge in [0.2, 0.25) is 0 Å². The van der Waals surface area contributed by atoms with Gasteiger partial charge in [0.25, 0.3) is 5.91 Å². The van der Waals surface area contributed by atoms with Crippen LogP contribution in [-0.4, -0.2) is 24.4 Å². The first-order valence-corrected chi connectivity index (χ1v) is 6.73. The van der Waals surface area contributed by atoms with E-state index in [0.29, 0.717) is 23.8 Å². The number of nitrogens with zero attached hydrogens (tertiary/aromatic N) is 1. The molecule has 18 heavy (non-hydrogen) atoms. The number of amides is 1. The third kappa shape index (κ3) is 3.13. The number of nitrogens with two attached hydrogens (primary N) is 1. The second-order valence-electron chi connectivity index (χ2n) is 5.20. The first-order chi connectivity index (χ1) is 8.70. The molecule has 1 fully saturated rings. The predicted octanol–water partition coefficient (Wildman–Crippen LogP) is 2.39. The molecule has 2 rings (SSSR count). The van der Waals surface area contributed by atoms with Crippen LogP contribution in [0.25, 0.3) is 0 Å².